The Bertz CT molecular complexity index is 701. The Morgan fingerprint density at radius 2 is 1.91 bits per heavy atom. The largest absolute Gasteiger partial charge is 0.378 e. The monoisotopic (exact) mass is 351 g/mol. The Hall–Kier alpha value is -1.82. The lowest BCUT2D eigenvalue weighted by Crippen LogP contribution is -2.40. The predicted octanol–water partition coefficient (Wildman–Crippen LogP) is 3.60. The highest BCUT2D eigenvalue weighted by molar-refractivity contribution is 6.42. The third-order valence-electron chi connectivity index (χ3n) is 3.50. The van der Waals surface area contributed by atoms with Crippen molar-refractivity contribution in [2.45, 2.75) is 0 Å². The van der Waals surface area contributed by atoms with E-state index in [1.54, 1.807) is 35.4 Å². The summed E-state index contributed by atoms with van der Waals surface area (Å²) < 4.78 is 5.25. The molecule has 0 radical (unpaired) electrons. The molecule has 0 bridgehead atoms. The minimum absolute atomic E-state index is 0.0260. The number of rotatable bonds is 3. The maximum Gasteiger partial charge on any atom is 0.255 e. The van der Waals surface area contributed by atoms with Gasteiger partial charge in [0.2, 0.25) is 0 Å². The fraction of sp³-hybridized carbons (Fsp3) is 0.250. The summed E-state index contributed by atoms with van der Waals surface area (Å²) in [6, 6.07) is 8.75. The number of halogens is 2. The second-order valence-corrected chi connectivity index (χ2v) is 5.90. The van der Waals surface area contributed by atoms with E-state index in [-0.39, 0.29) is 5.91 Å². The van der Waals surface area contributed by atoms with E-state index in [4.69, 9.17) is 27.9 Å². The number of carbonyl (C=O) groups excluding carboxylic acids is 1. The molecule has 23 heavy (non-hydrogen) atoms. The minimum atomic E-state index is -0.0260. The Kier molecular flexibility index (Phi) is 5.00. The molecule has 0 aliphatic carbocycles. The van der Waals surface area contributed by atoms with Crippen LogP contribution in [0.5, 0.6) is 0 Å². The molecule has 1 amide bonds. The van der Waals surface area contributed by atoms with Crippen LogP contribution in [0.4, 0.5) is 11.5 Å². The highest BCUT2D eigenvalue weighted by Crippen LogP contribution is 2.26. The number of amides is 1. The van der Waals surface area contributed by atoms with E-state index in [2.05, 4.69) is 10.3 Å². The first kappa shape index (κ1) is 16.1. The molecule has 2 aromatic rings. The van der Waals surface area contributed by atoms with Crippen LogP contribution in [0.25, 0.3) is 0 Å². The second-order valence-electron chi connectivity index (χ2n) is 5.09. The van der Waals surface area contributed by atoms with E-state index in [0.29, 0.717) is 47.7 Å². The summed E-state index contributed by atoms with van der Waals surface area (Å²) in [5, 5.41) is 4.08. The molecule has 0 unspecified atom stereocenters. The Labute approximate surface area is 144 Å². The van der Waals surface area contributed by atoms with Gasteiger partial charge in [0, 0.05) is 25.0 Å². The molecule has 0 spiro atoms. The van der Waals surface area contributed by atoms with E-state index >= 15 is 0 Å². The average Bonchev–Trinajstić information content (AvgIpc) is 2.59. The lowest BCUT2D eigenvalue weighted by molar-refractivity contribution is 0.0302. The number of hydrogen-bond donors (Lipinski definition) is 1. The SMILES string of the molecule is O=C(c1ccc(Nc2ccc(Cl)c(Cl)c2)nc1)N1CCOCC1. The van der Waals surface area contributed by atoms with Gasteiger partial charge in [-0.05, 0) is 30.3 Å². The van der Waals surface area contributed by atoms with Gasteiger partial charge in [-0.2, -0.15) is 0 Å². The molecule has 1 aliphatic rings. The average molecular weight is 352 g/mol. The molecule has 3 rings (SSSR count). The van der Waals surface area contributed by atoms with Crippen molar-refractivity contribution in [3.05, 3.63) is 52.1 Å². The number of ether oxygens (including phenoxy) is 1. The van der Waals surface area contributed by atoms with Gasteiger partial charge < -0.3 is 15.0 Å². The van der Waals surface area contributed by atoms with E-state index < -0.39 is 0 Å². The number of morpholine rings is 1. The molecular formula is C16H15Cl2N3O2. The number of aromatic nitrogens is 1. The van der Waals surface area contributed by atoms with Crippen LogP contribution < -0.4 is 5.32 Å². The quantitative estimate of drug-likeness (QED) is 0.917. The van der Waals surface area contributed by atoms with Gasteiger partial charge in [0.15, 0.2) is 0 Å². The van der Waals surface area contributed by atoms with Crippen molar-refractivity contribution in [1.29, 1.82) is 0 Å². The number of nitrogens with one attached hydrogen (secondary N) is 1. The van der Waals surface area contributed by atoms with Crippen molar-refractivity contribution in [2.24, 2.45) is 0 Å². The Balaban J connectivity index is 1.68. The van der Waals surface area contributed by atoms with Crippen LogP contribution in [0, 0.1) is 0 Å². The highest BCUT2D eigenvalue weighted by atomic mass is 35.5. The molecule has 1 N–H and O–H groups in total. The molecule has 0 saturated carbocycles. The summed E-state index contributed by atoms with van der Waals surface area (Å²) in [5.74, 6) is 0.601. The van der Waals surface area contributed by atoms with Crippen LogP contribution in [-0.2, 0) is 4.74 Å². The fourth-order valence-corrected chi connectivity index (χ4v) is 2.56. The van der Waals surface area contributed by atoms with Crippen molar-refractivity contribution in [3.8, 4) is 0 Å². The van der Waals surface area contributed by atoms with Gasteiger partial charge in [0.05, 0.1) is 28.8 Å². The maximum atomic E-state index is 12.3. The topological polar surface area (TPSA) is 54.5 Å². The van der Waals surface area contributed by atoms with Crippen molar-refractivity contribution < 1.29 is 9.53 Å². The maximum absolute atomic E-state index is 12.3. The number of carbonyl (C=O) groups is 1. The van der Waals surface area contributed by atoms with Gasteiger partial charge in [-0.15, -0.1) is 0 Å². The van der Waals surface area contributed by atoms with Crippen LogP contribution in [0.1, 0.15) is 10.4 Å². The van der Waals surface area contributed by atoms with Gasteiger partial charge in [-0.3, -0.25) is 4.79 Å². The molecule has 0 atom stereocenters. The van der Waals surface area contributed by atoms with Crippen LogP contribution in [-0.4, -0.2) is 42.1 Å². The second kappa shape index (κ2) is 7.17. The van der Waals surface area contributed by atoms with Crippen LogP contribution in [0.2, 0.25) is 10.0 Å². The molecule has 1 fully saturated rings. The minimum Gasteiger partial charge on any atom is -0.378 e. The molecule has 1 aromatic heterocycles. The van der Waals surface area contributed by atoms with Gasteiger partial charge >= 0.3 is 0 Å². The van der Waals surface area contributed by atoms with E-state index in [1.165, 1.54) is 0 Å². The van der Waals surface area contributed by atoms with Gasteiger partial charge in [0.1, 0.15) is 5.82 Å². The first-order valence-corrected chi connectivity index (χ1v) is 7.94. The zero-order valence-electron chi connectivity index (χ0n) is 12.3. The van der Waals surface area contributed by atoms with Crippen molar-refractivity contribution in [1.82, 2.24) is 9.88 Å². The molecule has 5 nitrogen and oxygen atoms in total. The van der Waals surface area contributed by atoms with Gasteiger partial charge in [-0.25, -0.2) is 4.98 Å². The normalized spacial score (nSPS) is 14.6. The van der Waals surface area contributed by atoms with Crippen LogP contribution >= 0.6 is 23.2 Å². The molecule has 1 aliphatic heterocycles. The van der Waals surface area contributed by atoms with Crippen LogP contribution in [0.3, 0.4) is 0 Å². The summed E-state index contributed by atoms with van der Waals surface area (Å²) in [6.45, 7) is 2.39. The van der Waals surface area contributed by atoms with Crippen molar-refractivity contribution >= 4 is 40.6 Å². The third-order valence-corrected chi connectivity index (χ3v) is 4.24. The summed E-state index contributed by atoms with van der Waals surface area (Å²) in [5.41, 5.74) is 1.34. The molecule has 1 saturated heterocycles. The Morgan fingerprint density at radius 3 is 2.57 bits per heavy atom. The summed E-state index contributed by atoms with van der Waals surface area (Å²) in [7, 11) is 0. The predicted molar refractivity (Wildman–Crippen MR) is 90.7 cm³/mol. The molecule has 1 aromatic carbocycles. The first-order chi connectivity index (χ1) is 11.1. The summed E-state index contributed by atoms with van der Waals surface area (Å²) >= 11 is 11.9. The lowest BCUT2D eigenvalue weighted by Gasteiger charge is -2.26. The third kappa shape index (κ3) is 3.93. The van der Waals surface area contributed by atoms with Crippen LogP contribution in [0.15, 0.2) is 36.5 Å². The number of hydrogen-bond acceptors (Lipinski definition) is 4. The number of nitrogens with zero attached hydrogens (tertiary/aromatic N) is 2. The number of benzene rings is 1. The molecule has 7 heteroatoms. The van der Waals surface area contributed by atoms with Crippen molar-refractivity contribution in [2.75, 3.05) is 31.6 Å². The van der Waals surface area contributed by atoms with E-state index in [9.17, 15) is 4.79 Å². The summed E-state index contributed by atoms with van der Waals surface area (Å²) in [4.78, 5) is 18.4. The standard InChI is InChI=1S/C16H15Cl2N3O2/c17-13-3-2-12(9-14(13)18)20-15-4-1-11(10-19-15)16(22)21-5-7-23-8-6-21/h1-4,9-10H,5-8H2,(H,19,20). The molecule has 2 heterocycles. The van der Waals surface area contributed by atoms with Gasteiger partial charge in [-0.1, -0.05) is 23.2 Å². The smallest absolute Gasteiger partial charge is 0.255 e. The van der Waals surface area contributed by atoms with Crippen molar-refractivity contribution in [3.63, 3.8) is 0 Å². The van der Waals surface area contributed by atoms with E-state index in [1.807, 2.05) is 6.07 Å². The lowest BCUT2D eigenvalue weighted by atomic mass is 10.2. The molecule has 120 valence electrons. The highest BCUT2D eigenvalue weighted by Gasteiger charge is 2.18. The zero-order chi connectivity index (χ0) is 16.2. The number of pyridine rings is 1. The fourth-order valence-electron chi connectivity index (χ4n) is 2.27. The zero-order valence-corrected chi connectivity index (χ0v) is 13.8. The first-order valence-electron chi connectivity index (χ1n) is 7.18. The number of anilines is 2. The van der Waals surface area contributed by atoms with E-state index in [0.717, 1.165) is 5.69 Å². The van der Waals surface area contributed by atoms with Gasteiger partial charge in [0.25, 0.3) is 5.91 Å². The Morgan fingerprint density at radius 1 is 1.13 bits per heavy atom. The molecular weight excluding hydrogens is 337 g/mol. The summed E-state index contributed by atoms with van der Waals surface area (Å²) in [6.07, 6.45) is 1.57.